The third-order valence-corrected chi connectivity index (χ3v) is 3.03. The predicted octanol–water partition coefficient (Wildman–Crippen LogP) is 2.61. The molecule has 0 saturated carbocycles. The molecule has 0 radical (unpaired) electrons. The topological polar surface area (TPSA) is 54.0 Å². The van der Waals surface area contributed by atoms with Gasteiger partial charge >= 0.3 is 6.16 Å². The first-order valence-corrected chi connectivity index (χ1v) is 5.66. The number of hydrogen-bond donors (Lipinski definition) is 0. The normalized spacial score (nSPS) is 22.3. The van der Waals surface area contributed by atoms with Crippen LogP contribution in [0.2, 0.25) is 0 Å². The smallest absolute Gasteiger partial charge is 0.496 e. The first-order chi connectivity index (χ1) is 8.56. The molecular formula is C13H16O5. The van der Waals surface area contributed by atoms with Gasteiger partial charge in [0.2, 0.25) is 0 Å². The molecule has 2 atom stereocenters. The van der Waals surface area contributed by atoms with Crippen LogP contribution in [-0.4, -0.2) is 26.5 Å². The molecule has 18 heavy (non-hydrogen) atoms. The van der Waals surface area contributed by atoms with Gasteiger partial charge in [-0.05, 0) is 26.0 Å². The summed E-state index contributed by atoms with van der Waals surface area (Å²) in [4.78, 5) is 11.1. The minimum Gasteiger partial charge on any atom is -0.496 e. The van der Waals surface area contributed by atoms with Crippen LogP contribution in [0.5, 0.6) is 11.5 Å². The molecule has 0 amide bonds. The highest BCUT2D eigenvalue weighted by molar-refractivity contribution is 5.63. The summed E-state index contributed by atoms with van der Waals surface area (Å²) < 4.78 is 20.7. The standard InChI is InChI=1S/C13H16O5/c1-7-10(15-3)5-9(6-11(7)16-4)12-8(2)17-13(14)18-12/h5-6,8,12H,1-4H3/t8-,12?/m0/s1. The van der Waals surface area contributed by atoms with Crippen LogP contribution >= 0.6 is 0 Å². The molecule has 0 aliphatic carbocycles. The molecule has 1 fully saturated rings. The van der Waals surface area contributed by atoms with Crippen molar-refractivity contribution in [1.29, 1.82) is 0 Å². The Bertz CT molecular complexity index is 443. The second-order valence-corrected chi connectivity index (χ2v) is 4.16. The number of rotatable bonds is 3. The van der Waals surface area contributed by atoms with Crippen molar-refractivity contribution in [3.05, 3.63) is 23.3 Å². The van der Waals surface area contributed by atoms with Gasteiger partial charge in [0.05, 0.1) is 14.2 Å². The highest BCUT2D eigenvalue weighted by Gasteiger charge is 2.35. The first-order valence-electron chi connectivity index (χ1n) is 5.66. The van der Waals surface area contributed by atoms with Gasteiger partial charge in [-0.2, -0.15) is 0 Å². The lowest BCUT2D eigenvalue weighted by Crippen LogP contribution is -2.11. The molecule has 5 nitrogen and oxygen atoms in total. The minimum absolute atomic E-state index is 0.324. The van der Waals surface area contributed by atoms with Crippen molar-refractivity contribution in [2.75, 3.05) is 14.2 Å². The largest absolute Gasteiger partial charge is 0.509 e. The van der Waals surface area contributed by atoms with Gasteiger partial charge in [-0.15, -0.1) is 0 Å². The number of carbonyl (C=O) groups excluding carboxylic acids is 1. The average molecular weight is 252 g/mol. The van der Waals surface area contributed by atoms with Crippen LogP contribution in [0.3, 0.4) is 0 Å². The minimum atomic E-state index is -0.647. The Morgan fingerprint density at radius 3 is 2.06 bits per heavy atom. The molecule has 1 aromatic carbocycles. The molecule has 5 heteroatoms. The average Bonchev–Trinajstić information content (AvgIpc) is 2.69. The Labute approximate surface area is 106 Å². The van der Waals surface area contributed by atoms with E-state index in [-0.39, 0.29) is 6.10 Å². The maximum absolute atomic E-state index is 11.1. The summed E-state index contributed by atoms with van der Waals surface area (Å²) in [6.07, 6.45) is -1.40. The van der Waals surface area contributed by atoms with Crippen LogP contribution in [0.1, 0.15) is 24.2 Å². The summed E-state index contributed by atoms with van der Waals surface area (Å²) >= 11 is 0. The molecule has 0 bridgehead atoms. The Hall–Kier alpha value is -1.91. The number of hydrogen-bond acceptors (Lipinski definition) is 5. The van der Waals surface area contributed by atoms with Gasteiger partial charge in [-0.3, -0.25) is 0 Å². The summed E-state index contributed by atoms with van der Waals surface area (Å²) in [6.45, 7) is 3.69. The van der Waals surface area contributed by atoms with Crippen LogP contribution in [0, 0.1) is 6.92 Å². The zero-order valence-corrected chi connectivity index (χ0v) is 10.9. The molecule has 1 heterocycles. The molecule has 2 rings (SSSR count). The molecular weight excluding hydrogens is 236 g/mol. The van der Waals surface area contributed by atoms with E-state index >= 15 is 0 Å². The highest BCUT2D eigenvalue weighted by Crippen LogP contribution is 2.37. The van der Waals surface area contributed by atoms with E-state index < -0.39 is 12.3 Å². The van der Waals surface area contributed by atoms with Gasteiger partial charge in [-0.25, -0.2) is 4.79 Å². The van der Waals surface area contributed by atoms with Gasteiger partial charge in [0.1, 0.15) is 17.6 Å². The molecule has 0 N–H and O–H groups in total. The van der Waals surface area contributed by atoms with E-state index in [2.05, 4.69) is 0 Å². The SMILES string of the molecule is COc1cc(C2OC(=O)O[C@H]2C)cc(OC)c1C. The summed E-state index contributed by atoms with van der Waals surface area (Å²) in [5.41, 5.74) is 1.70. The first kappa shape index (κ1) is 12.5. The molecule has 1 aliphatic rings. The summed E-state index contributed by atoms with van der Waals surface area (Å²) in [5, 5.41) is 0. The number of ether oxygens (including phenoxy) is 4. The molecule has 0 aromatic heterocycles. The zero-order chi connectivity index (χ0) is 13.3. The van der Waals surface area contributed by atoms with Crippen LogP contribution in [0.15, 0.2) is 12.1 Å². The van der Waals surface area contributed by atoms with Crippen LogP contribution < -0.4 is 9.47 Å². The molecule has 1 unspecified atom stereocenters. The van der Waals surface area contributed by atoms with Crippen molar-refractivity contribution in [3.8, 4) is 11.5 Å². The third kappa shape index (κ3) is 2.08. The number of methoxy groups -OCH3 is 2. The molecule has 98 valence electrons. The van der Waals surface area contributed by atoms with Crippen molar-refractivity contribution >= 4 is 6.16 Å². The van der Waals surface area contributed by atoms with Crippen molar-refractivity contribution in [3.63, 3.8) is 0 Å². The summed E-state index contributed by atoms with van der Waals surface area (Å²) in [5.74, 6) is 1.39. The second-order valence-electron chi connectivity index (χ2n) is 4.16. The Morgan fingerprint density at radius 2 is 1.67 bits per heavy atom. The van der Waals surface area contributed by atoms with Gasteiger partial charge in [0, 0.05) is 11.1 Å². The monoisotopic (exact) mass is 252 g/mol. The number of carbonyl (C=O) groups is 1. The Morgan fingerprint density at radius 1 is 1.11 bits per heavy atom. The quantitative estimate of drug-likeness (QED) is 0.774. The second kappa shape index (κ2) is 4.76. The van der Waals surface area contributed by atoms with E-state index in [1.807, 2.05) is 19.1 Å². The van der Waals surface area contributed by atoms with Crippen molar-refractivity contribution in [1.82, 2.24) is 0 Å². The lowest BCUT2D eigenvalue weighted by molar-refractivity contribution is 0.117. The van der Waals surface area contributed by atoms with Gasteiger partial charge < -0.3 is 18.9 Å². The van der Waals surface area contributed by atoms with Crippen LogP contribution in [0.25, 0.3) is 0 Å². The molecule has 1 saturated heterocycles. The fourth-order valence-electron chi connectivity index (χ4n) is 2.05. The number of benzene rings is 1. The van der Waals surface area contributed by atoms with Crippen molar-refractivity contribution in [2.45, 2.75) is 26.1 Å². The molecule has 1 aromatic rings. The summed E-state index contributed by atoms with van der Waals surface area (Å²) in [7, 11) is 3.18. The van der Waals surface area contributed by atoms with Crippen molar-refractivity contribution in [2.24, 2.45) is 0 Å². The van der Waals surface area contributed by atoms with E-state index in [9.17, 15) is 4.79 Å². The zero-order valence-electron chi connectivity index (χ0n) is 10.9. The maximum atomic E-state index is 11.1. The fraction of sp³-hybridized carbons (Fsp3) is 0.462. The third-order valence-electron chi connectivity index (χ3n) is 3.03. The predicted molar refractivity (Wildman–Crippen MR) is 64.1 cm³/mol. The van der Waals surface area contributed by atoms with Crippen LogP contribution in [-0.2, 0) is 9.47 Å². The van der Waals surface area contributed by atoms with E-state index in [0.717, 1.165) is 11.1 Å². The summed E-state index contributed by atoms with van der Waals surface area (Å²) in [6, 6.07) is 3.67. The lowest BCUT2D eigenvalue weighted by atomic mass is 10.0. The van der Waals surface area contributed by atoms with E-state index in [4.69, 9.17) is 18.9 Å². The highest BCUT2D eigenvalue weighted by atomic mass is 16.8. The van der Waals surface area contributed by atoms with E-state index in [1.165, 1.54) is 0 Å². The molecule has 0 spiro atoms. The number of cyclic esters (lactones) is 2. The van der Waals surface area contributed by atoms with Gasteiger partial charge in [-0.1, -0.05) is 0 Å². The molecule has 1 aliphatic heterocycles. The van der Waals surface area contributed by atoms with E-state index in [0.29, 0.717) is 11.5 Å². The maximum Gasteiger partial charge on any atom is 0.509 e. The van der Waals surface area contributed by atoms with Gasteiger partial charge in [0.15, 0.2) is 6.10 Å². The van der Waals surface area contributed by atoms with Crippen molar-refractivity contribution < 1.29 is 23.7 Å². The Kier molecular flexibility index (Phi) is 3.32. The lowest BCUT2D eigenvalue weighted by Gasteiger charge is -2.16. The van der Waals surface area contributed by atoms with E-state index in [1.54, 1.807) is 21.1 Å². The fourth-order valence-corrected chi connectivity index (χ4v) is 2.05. The van der Waals surface area contributed by atoms with Gasteiger partial charge in [0.25, 0.3) is 0 Å². The Balaban J connectivity index is 2.42. The van der Waals surface area contributed by atoms with Crippen LogP contribution in [0.4, 0.5) is 4.79 Å².